The molecule has 0 amide bonds. The summed E-state index contributed by atoms with van der Waals surface area (Å²) in [5, 5.41) is 8.77. The Morgan fingerprint density at radius 2 is 1.84 bits per heavy atom. The smallest absolute Gasteiger partial charge is 0.183 e. The van der Waals surface area contributed by atoms with Crippen LogP contribution in [0, 0.1) is 12.7 Å². The third kappa shape index (κ3) is 4.54. The van der Waals surface area contributed by atoms with Crippen molar-refractivity contribution in [2.24, 2.45) is 0 Å². The van der Waals surface area contributed by atoms with Crippen LogP contribution in [-0.2, 0) is 13.1 Å². The van der Waals surface area contributed by atoms with Crippen LogP contribution in [0.4, 0.5) is 9.52 Å². The van der Waals surface area contributed by atoms with Gasteiger partial charge in [-0.3, -0.25) is 4.68 Å². The summed E-state index contributed by atoms with van der Waals surface area (Å²) in [5.74, 6) is 1.17. The van der Waals surface area contributed by atoms with E-state index in [-0.39, 0.29) is 5.82 Å². The normalized spacial score (nSPS) is 10.8. The highest BCUT2D eigenvalue weighted by Gasteiger charge is 2.14. The van der Waals surface area contributed by atoms with Gasteiger partial charge >= 0.3 is 0 Å². The Kier molecular flexibility index (Phi) is 6.18. The Bertz CT molecular complexity index is 1190. The van der Waals surface area contributed by atoms with E-state index in [0.29, 0.717) is 30.2 Å². The zero-order chi connectivity index (χ0) is 21.8. The maximum Gasteiger partial charge on any atom is 0.183 e. The lowest BCUT2D eigenvalue weighted by Crippen LogP contribution is -2.02. The number of halogens is 1. The molecule has 2 heterocycles. The van der Waals surface area contributed by atoms with E-state index in [1.54, 1.807) is 31.0 Å². The van der Waals surface area contributed by atoms with Gasteiger partial charge in [-0.1, -0.05) is 41.7 Å². The first-order valence-corrected chi connectivity index (χ1v) is 10.6. The summed E-state index contributed by atoms with van der Waals surface area (Å²) in [7, 11) is 3.25. The largest absolute Gasteiger partial charge is 0.493 e. The predicted molar refractivity (Wildman–Crippen MR) is 120 cm³/mol. The minimum atomic E-state index is -0.229. The number of para-hydroxylation sites is 1. The van der Waals surface area contributed by atoms with E-state index >= 15 is 0 Å². The fraction of sp³-hybridized carbons (Fsp3) is 0.217. The Labute approximate surface area is 184 Å². The molecule has 6 nitrogen and oxygen atoms in total. The summed E-state index contributed by atoms with van der Waals surface area (Å²) >= 11 is 1.53. The van der Waals surface area contributed by atoms with Gasteiger partial charge in [-0.25, -0.2) is 9.37 Å². The van der Waals surface area contributed by atoms with Crippen molar-refractivity contribution in [3.63, 3.8) is 0 Å². The molecule has 0 radical (unpaired) electrons. The molecule has 4 aromatic rings. The number of nitrogens with zero attached hydrogens (tertiary/aromatic N) is 3. The van der Waals surface area contributed by atoms with Crippen LogP contribution in [-0.4, -0.2) is 29.0 Å². The molecular weight excluding hydrogens is 415 g/mol. The maximum atomic E-state index is 13.9. The summed E-state index contributed by atoms with van der Waals surface area (Å²) < 4.78 is 26.5. The van der Waals surface area contributed by atoms with Crippen molar-refractivity contribution in [1.82, 2.24) is 14.8 Å². The van der Waals surface area contributed by atoms with Gasteiger partial charge in [0, 0.05) is 23.9 Å². The number of thiazole rings is 1. The minimum Gasteiger partial charge on any atom is -0.493 e. The molecule has 0 atom stereocenters. The second kappa shape index (κ2) is 9.18. The van der Waals surface area contributed by atoms with Crippen molar-refractivity contribution in [1.29, 1.82) is 0 Å². The van der Waals surface area contributed by atoms with E-state index in [9.17, 15) is 4.39 Å². The van der Waals surface area contributed by atoms with Crippen molar-refractivity contribution < 1.29 is 13.9 Å². The second-order valence-corrected chi connectivity index (χ2v) is 7.93. The van der Waals surface area contributed by atoms with Crippen LogP contribution in [0.15, 0.2) is 54.7 Å². The Morgan fingerprint density at radius 1 is 1.03 bits per heavy atom. The fourth-order valence-corrected chi connectivity index (χ4v) is 4.27. The highest BCUT2D eigenvalue weighted by Crippen LogP contribution is 2.34. The average Bonchev–Trinajstić information content (AvgIpc) is 3.39. The molecule has 0 aliphatic carbocycles. The summed E-state index contributed by atoms with van der Waals surface area (Å²) in [6.45, 7) is 2.89. The van der Waals surface area contributed by atoms with Gasteiger partial charge in [-0.15, -0.1) is 0 Å². The molecule has 0 aliphatic heterocycles. The molecular formula is C23H23FN4O2S. The maximum absolute atomic E-state index is 13.9. The monoisotopic (exact) mass is 438 g/mol. The number of hydrogen-bond donors (Lipinski definition) is 1. The van der Waals surface area contributed by atoms with E-state index in [4.69, 9.17) is 9.47 Å². The van der Waals surface area contributed by atoms with Gasteiger partial charge in [-0.05, 0) is 25.1 Å². The molecule has 0 unspecified atom stereocenters. The third-order valence-corrected chi connectivity index (χ3v) is 6.01. The Balaban J connectivity index is 1.49. The zero-order valence-electron chi connectivity index (χ0n) is 17.6. The molecule has 0 fully saturated rings. The fourth-order valence-electron chi connectivity index (χ4n) is 3.35. The van der Waals surface area contributed by atoms with Crippen molar-refractivity contribution in [3.8, 4) is 22.1 Å². The van der Waals surface area contributed by atoms with E-state index in [1.807, 2.05) is 43.5 Å². The minimum absolute atomic E-state index is 0.229. The number of aryl methyl sites for hydroxylation is 1. The predicted octanol–water partition coefficient (Wildman–Crippen LogP) is 5.13. The van der Waals surface area contributed by atoms with Gasteiger partial charge in [0.1, 0.15) is 11.5 Å². The summed E-state index contributed by atoms with van der Waals surface area (Å²) in [4.78, 5) is 5.61. The summed E-state index contributed by atoms with van der Waals surface area (Å²) in [6, 6.07) is 14.4. The zero-order valence-corrected chi connectivity index (χ0v) is 18.4. The molecule has 0 saturated heterocycles. The lowest BCUT2D eigenvalue weighted by atomic mass is 10.2. The molecule has 2 aromatic heterocycles. The Morgan fingerprint density at radius 3 is 2.61 bits per heavy atom. The van der Waals surface area contributed by atoms with Crippen LogP contribution in [0.25, 0.3) is 10.6 Å². The molecule has 4 rings (SSSR count). The number of benzene rings is 2. The van der Waals surface area contributed by atoms with Crippen LogP contribution in [0.5, 0.6) is 11.5 Å². The molecule has 31 heavy (non-hydrogen) atoms. The standard InChI is InChI=1S/C23H23FN4O2S/c1-15-22(19-11-12-28(27-19)14-17-7-4-5-9-18(17)24)31-23(26-15)25-13-16-8-6-10-20(29-2)21(16)30-3/h4-12H,13-14H2,1-3H3,(H,25,26). The van der Waals surface area contributed by atoms with Crippen LogP contribution < -0.4 is 14.8 Å². The molecule has 0 saturated carbocycles. The van der Waals surface area contributed by atoms with Crippen LogP contribution in [0.3, 0.4) is 0 Å². The number of methoxy groups -OCH3 is 2. The van der Waals surface area contributed by atoms with Crippen LogP contribution in [0.1, 0.15) is 16.8 Å². The Hall–Kier alpha value is -3.39. The topological polar surface area (TPSA) is 61.2 Å². The number of aromatic nitrogens is 3. The van der Waals surface area contributed by atoms with E-state index in [1.165, 1.54) is 17.4 Å². The van der Waals surface area contributed by atoms with E-state index < -0.39 is 0 Å². The molecule has 0 spiro atoms. The first-order chi connectivity index (χ1) is 15.1. The second-order valence-electron chi connectivity index (χ2n) is 6.93. The van der Waals surface area contributed by atoms with Crippen LogP contribution in [0.2, 0.25) is 0 Å². The number of nitrogens with one attached hydrogen (secondary N) is 1. The molecule has 2 aromatic carbocycles. The van der Waals surface area contributed by atoms with Crippen molar-refractivity contribution in [2.45, 2.75) is 20.0 Å². The first kappa shape index (κ1) is 20.9. The van der Waals surface area contributed by atoms with Gasteiger partial charge in [0.25, 0.3) is 0 Å². The molecule has 160 valence electrons. The SMILES string of the molecule is COc1cccc(CNc2nc(C)c(-c3ccn(Cc4ccccc4F)n3)s2)c1OC. The molecule has 0 aliphatic rings. The third-order valence-electron chi connectivity index (χ3n) is 4.87. The average molecular weight is 439 g/mol. The molecule has 8 heteroatoms. The number of anilines is 1. The van der Waals surface area contributed by atoms with E-state index in [0.717, 1.165) is 27.0 Å². The summed E-state index contributed by atoms with van der Waals surface area (Å²) in [6.07, 6.45) is 1.86. The van der Waals surface area contributed by atoms with Crippen molar-refractivity contribution >= 4 is 16.5 Å². The van der Waals surface area contributed by atoms with Gasteiger partial charge in [0.05, 0.1) is 31.3 Å². The summed E-state index contributed by atoms with van der Waals surface area (Å²) in [5.41, 5.74) is 3.29. The quantitative estimate of drug-likeness (QED) is 0.413. The number of hydrogen-bond acceptors (Lipinski definition) is 6. The number of ether oxygens (including phenoxy) is 2. The lowest BCUT2D eigenvalue weighted by molar-refractivity contribution is 0.352. The van der Waals surface area contributed by atoms with Gasteiger partial charge in [-0.2, -0.15) is 5.10 Å². The van der Waals surface area contributed by atoms with Crippen LogP contribution >= 0.6 is 11.3 Å². The number of rotatable bonds is 8. The lowest BCUT2D eigenvalue weighted by Gasteiger charge is -2.12. The van der Waals surface area contributed by atoms with Crippen molar-refractivity contribution in [3.05, 3.63) is 77.4 Å². The molecule has 0 bridgehead atoms. The highest BCUT2D eigenvalue weighted by atomic mass is 32.1. The highest BCUT2D eigenvalue weighted by molar-refractivity contribution is 7.19. The van der Waals surface area contributed by atoms with E-state index in [2.05, 4.69) is 15.4 Å². The van der Waals surface area contributed by atoms with Gasteiger partial charge in [0.2, 0.25) is 0 Å². The first-order valence-electron chi connectivity index (χ1n) is 9.77. The van der Waals surface area contributed by atoms with Gasteiger partial charge in [0.15, 0.2) is 16.6 Å². The van der Waals surface area contributed by atoms with Crippen molar-refractivity contribution in [2.75, 3.05) is 19.5 Å². The molecule has 1 N–H and O–H groups in total. The van der Waals surface area contributed by atoms with Gasteiger partial charge < -0.3 is 14.8 Å².